The van der Waals surface area contributed by atoms with Crippen LogP contribution in [-0.4, -0.2) is 17.2 Å². The maximum atomic E-state index is 5.60. The Bertz CT molecular complexity index is 484. The summed E-state index contributed by atoms with van der Waals surface area (Å²) in [6.07, 6.45) is 0. The van der Waals surface area contributed by atoms with Gasteiger partial charge in [-0.25, -0.2) is 0 Å². The second-order valence-corrected chi connectivity index (χ2v) is 3.78. The van der Waals surface area contributed by atoms with Crippen LogP contribution in [0.15, 0.2) is 28.7 Å². The molecule has 0 spiro atoms. The molecule has 0 atom stereocenters. The summed E-state index contributed by atoms with van der Waals surface area (Å²) in [6, 6.07) is 8.50. The third-order valence-electron chi connectivity index (χ3n) is 2.25. The number of hydrogen-bond acceptors (Lipinski definition) is 4. The summed E-state index contributed by atoms with van der Waals surface area (Å²) < 4.78 is 5.36. The van der Waals surface area contributed by atoms with Crippen LogP contribution in [0.25, 0.3) is 0 Å². The Hall–Kier alpha value is -1.55. The largest absolute Gasteiger partial charge is 0.406 e. The number of aryl methyl sites for hydroxylation is 1. The molecule has 2 aromatic rings. The molecule has 0 aliphatic heterocycles. The summed E-state index contributed by atoms with van der Waals surface area (Å²) in [5.41, 5.74) is 2.19. The quantitative estimate of drug-likeness (QED) is 0.770. The fourth-order valence-corrected chi connectivity index (χ4v) is 1.49. The minimum atomic E-state index is 0.231. The molecular formula is C11H12ClN3O. The van der Waals surface area contributed by atoms with Crippen molar-refractivity contribution >= 4 is 23.3 Å². The van der Waals surface area contributed by atoms with Crippen LogP contribution < -0.4 is 4.90 Å². The topological polar surface area (TPSA) is 42.2 Å². The number of rotatable bonds is 3. The Labute approximate surface area is 98.8 Å². The standard InChI is InChI=1S/C11H12ClN3O/c1-8-4-3-5-9(6-8)15(2)11-14-13-10(7-12)16-11/h3-6H,7H2,1-2H3. The first-order chi connectivity index (χ1) is 7.70. The zero-order chi connectivity index (χ0) is 11.5. The molecule has 0 fully saturated rings. The van der Waals surface area contributed by atoms with Crippen molar-refractivity contribution in [3.05, 3.63) is 35.7 Å². The summed E-state index contributed by atoms with van der Waals surface area (Å²) >= 11 is 5.60. The summed E-state index contributed by atoms with van der Waals surface area (Å²) in [7, 11) is 1.88. The Kier molecular flexibility index (Phi) is 3.10. The van der Waals surface area contributed by atoms with Crippen LogP contribution in [0.3, 0.4) is 0 Å². The van der Waals surface area contributed by atoms with Gasteiger partial charge >= 0.3 is 6.01 Å². The molecule has 4 nitrogen and oxygen atoms in total. The van der Waals surface area contributed by atoms with Gasteiger partial charge in [0, 0.05) is 12.7 Å². The highest BCUT2D eigenvalue weighted by Gasteiger charge is 2.11. The summed E-state index contributed by atoms with van der Waals surface area (Å²) in [5, 5.41) is 7.73. The van der Waals surface area contributed by atoms with E-state index in [4.69, 9.17) is 16.0 Å². The minimum Gasteiger partial charge on any atom is -0.406 e. The Morgan fingerprint density at radius 1 is 1.38 bits per heavy atom. The van der Waals surface area contributed by atoms with Gasteiger partial charge in [0.2, 0.25) is 5.89 Å². The van der Waals surface area contributed by atoms with Crippen molar-refractivity contribution in [3.8, 4) is 0 Å². The third-order valence-corrected chi connectivity index (χ3v) is 2.48. The zero-order valence-electron chi connectivity index (χ0n) is 9.14. The van der Waals surface area contributed by atoms with Crippen LogP contribution in [0.2, 0.25) is 0 Å². The number of aromatic nitrogens is 2. The number of alkyl halides is 1. The summed E-state index contributed by atoms with van der Waals surface area (Å²) in [6.45, 7) is 2.04. The lowest BCUT2D eigenvalue weighted by Gasteiger charge is -2.14. The van der Waals surface area contributed by atoms with Crippen molar-refractivity contribution in [2.45, 2.75) is 12.8 Å². The second kappa shape index (κ2) is 4.53. The van der Waals surface area contributed by atoms with Crippen molar-refractivity contribution in [2.24, 2.45) is 0 Å². The maximum absolute atomic E-state index is 5.60. The molecule has 2 rings (SSSR count). The molecule has 1 heterocycles. The first kappa shape index (κ1) is 11.0. The summed E-state index contributed by atoms with van der Waals surface area (Å²) in [4.78, 5) is 1.83. The normalized spacial score (nSPS) is 10.4. The van der Waals surface area contributed by atoms with E-state index in [0.717, 1.165) is 5.69 Å². The molecule has 5 heteroatoms. The van der Waals surface area contributed by atoms with E-state index >= 15 is 0 Å². The predicted molar refractivity (Wildman–Crippen MR) is 63.1 cm³/mol. The Morgan fingerprint density at radius 2 is 2.19 bits per heavy atom. The summed E-state index contributed by atoms with van der Waals surface area (Å²) in [5.74, 6) is 0.658. The highest BCUT2D eigenvalue weighted by atomic mass is 35.5. The molecule has 0 aliphatic rings. The first-order valence-corrected chi connectivity index (χ1v) is 5.43. The predicted octanol–water partition coefficient (Wildman–Crippen LogP) is 2.88. The fraction of sp³-hybridized carbons (Fsp3) is 0.273. The highest BCUT2D eigenvalue weighted by Crippen LogP contribution is 2.23. The van der Waals surface area contributed by atoms with Gasteiger partial charge in [-0.15, -0.1) is 16.7 Å². The first-order valence-electron chi connectivity index (χ1n) is 4.89. The van der Waals surface area contributed by atoms with Crippen LogP contribution in [0.4, 0.5) is 11.7 Å². The van der Waals surface area contributed by atoms with Crippen molar-refractivity contribution < 1.29 is 4.42 Å². The van der Waals surface area contributed by atoms with E-state index in [2.05, 4.69) is 10.2 Å². The fourth-order valence-electron chi connectivity index (χ4n) is 1.38. The average molecular weight is 238 g/mol. The lowest BCUT2D eigenvalue weighted by atomic mass is 10.2. The van der Waals surface area contributed by atoms with Gasteiger partial charge in [-0.05, 0) is 24.6 Å². The zero-order valence-corrected chi connectivity index (χ0v) is 9.90. The number of halogens is 1. The lowest BCUT2D eigenvalue weighted by molar-refractivity contribution is 0.518. The molecule has 1 aromatic carbocycles. The van der Waals surface area contributed by atoms with Crippen LogP contribution in [0.1, 0.15) is 11.5 Å². The van der Waals surface area contributed by atoms with Crippen LogP contribution in [0, 0.1) is 6.92 Å². The van der Waals surface area contributed by atoms with Gasteiger partial charge in [-0.2, -0.15) is 0 Å². The smallest absolute Gasteiger partial charge is 0.322 e. The molecular weight excluding hydrogens is 226 g/mol. The molecule has 0 aliphatic carbocycles. The van der Waals surface area contributed by atoms with E-state index in [9.17, 15) is 0 Å². The van der Waals surface area contributed by atoms with Gasteiger partial charge in [-0.1, -0.05) is 17.2 Å². The molecule has 0 amide bonds. The highest BCUT2D eigenvalue weighted by molar-refractivity contribution is 6.16. The molecule has 0 N–H and O–H groups in total. The molecule has 1 aromatic heterocycles. The van der Waals surface area contributed by atoms with E-state index in [0.29, 0.717) is 11.9 Å². The van der Waals surface area contributed by atoms with E-state index < -0.39 is 0 Å². The Balaban J connectivity index is 2.27. The maximum Gasteiger partial charge on any atom is 0.322 e. The molecule has 0 bridgehead atoms. The van der Waals surface area contributed by atoms with Gasteiger partial charge in [0.25, 0.3) is 0 Å². The molecule has 16 heavy (non-hydrogen) atoms. The average Bonchev–Trinajstić information content (AvgIpc) is 2.76. The SMILES string of the molecule is Cc1cccc(N(C)c2nnc(CCl)o2)c1. The minimum absolute atomic E-state index is 0.231. The molecule has 84 valence electrons. The van der Waals surface area contributed by atoms with Gasteiger partial charge in [0.15, 0.2) is 0 Å². The second-order valence-electron chi connectivity index (χ2n) is 3.51. The van der Waals surface area contributed by atoms with Crippen molar-refractivity contribution in [1.82, 2.24) is 10.2 Å². The number of benzene rings is 1. The monoisotopic (exact) mass is 237 g/mol. The van der Waals surface area contributed by atoms with Crippen LogP contribution in [0.5, 0.6) is 0 Å². The van der Waals surface area contributed by atoms with E-state index in [1.807, 2.05) is 43.1 Å². The third kappa shape index (κ3) is 2.17. The van der Waals surface area contributed by atoms with Crippen LogP contribution >= 0.6 is 11.6 Å². The van der Waals surface area contributed by atoms with Crippen molar-refractivity contribution in [1.29, 1.82) is 0 Å². The number of anilines is 2. The Morgan fingerprint density at radius 3 is 2.81 bits per heavy atom. The van der Waals surface area contributed by atoms with Crippen molar-refractivity contribution in [2.75, 3.05) is 11.9 Å². The molecule has 0 unspecified atom stereocenters. The molecule has 0 saturated carbocycles. The van der Waals surface area contributed by atoms with Gasteiger partial charge in [0.05, 0.1) is 0 Å². The number of hydrogen-bond donors (Lipinski definition) is 0. The van der Waals surface area contributed by atoms with E-state index in [1.165, 1.54) is 5.56 Å². The van der Waals surface area contributed by atoms with Gasteiger partial charge < -0.3 is 4.42 Å². The van der Waals surface area contributed by atoms with Crippen molar-refractivity contribution in [3.63, 3.8) is 0 Å². The molecule has 0 radical (unpaired) electrons. The molecule has 0 saturated heterocycles. The van der Waals surface area contributed by atoms with Crippen LogP contribution in [-0.2, 0) is 5.88 Å². The van der Waals surface area contributed by atoms with Gasteiger partial charge in [0.1, 0.15) is 5.88 Å². The van der Waals surface area contributed by atoms with Gasteiger partial charge in [-0.3, -0.25) is 4.90 Å². The van der Waals surface area contributed by atoms with E-state index in [1.54, 1.807) is 0 Å². The van der Waals surface area contributed by atoms with E-state index in [-0.39, 0.29) is 5.88 Å². The number of nitrogens with zero attached hydrogens (tertiary/aromatic N) is 3. The lowest BCUT2D eigenvalue weighted by Crippen LogP contribution is -2.09.